The molecule has 0 radical (unpaired) electrons. The maximum Gasteiger partial charge on any atom is 0.308 e. The third-order valence-corrected chi connectivity index (χ3v) is 5.96. The van der Waals surface area contributed by atoms with E-state index in [2.05, 4.69) is 17.0 Å². The van der Waals surface area contributed by atoms with Crippen molar-refractivity contribution in [3.8, 4) is 22.9 Å². The normalized spacial score (nSPS) is 11.8. The number of carbonyl (C=O) groups is 1. The fourth-order valence-corrected chi connectivity index (χ4v) is 4.23. The van der Waals surface area contributed by atoms with E-state index >= 15 is 0 Å². The molecule has 0 bridgehead atoms. The molecule has 0 saturated heterocycles. The SMILES string of the molecule is CCCCCCOc1ccc(-c2nc3sc(=Cc4ccc(OC(C)=O)cc4)c(=O)n3n2)cc1. The maximum atomic E-state index is 12.8. The van der Waals surface area contributed by atoms with Crippen LogP contribution in [0.15, 0.2) is 53.3 Å². The smallest absolute Gasteiger partial charge is 0.308 e. The van der Waals surface area contributed by atoms with Crippen molar-refractivity contribution in [3.63, 3.8) is 0 Å². The fraction of sp³-hybridized carbons (Fsp3) is 0.280. The van der Waals surface area contributed by atoms with Crippen LogP contribution in [0, 0.1) is 0 Å². The lowest BCUT2D eigenvalue weighted by Gasteiger charge is -2.06. The van der Waals surface area contributed by atoms with Crippen LogP contribution in [0.25, 0.3) is 22.4 Å². The molecule has 4 rings (SSSR count). The average molecular weight is 464 g/mol. The van der Waals surface area contributed by atoms with Crippen LogP contribution in [-0.4, -0.2) is 27.2 Å². The summed E-state index contributed by atoms with van der Waals surface area (Å²) in [5, 5.41) is 4.40. The first-order valence-corrected chi connectivity index (χ1v) is 11.8. The molecule has 0 amide bonds. The van der Waals surface area contributed by atoms with Crippen LogP contribution in [0.2, 0.25) is 0 Å². The molecule has 170 valence electrons. The molecule has 0 aliphatic carbocycles. The molecule has 33 heavy (non-hydrogen) atoms. The second-order valence-electron chi connectivity index (χ2n) is 7.64. The van der Waals surface area contributed by atoms with Gasteiger partial charge in [-0.25, -0.2) is 0 Å². The van der Waals surface area contributed by atoms with E-state index in [1.807, 2.05) is 24.3 Å². The Morgan fingerprint density at radius 2 is 1.76 bits per heavy atom. The summed E-state index contributed by atoms with van der Waals surface area (Å²) < 4.78 is 12.7. The molecule has 2 heterocycles. The van der Waals surface area contributed by atoms with Gasteiger partial charge < -0.3 is 9.47 Å². The predicted octanol–water partition coefficient (Wildman–Crippen LogP) is 4.25. The van der Waals surface area contributed by atoms with Crippen LogP contribution in [0.1, 0.15) is 45.1 Å². The summed E-state index contributed by atoms with van der Waals surface area (Å²) in [6.45, 7) is 4.25. The zero-order valence-corrected chi connectivity index (χ0v) is 19.4. The average Bonchev–Trinajstić information content (AvgIpc) is 3.34. The van der Waals surface area contributed by atoms with Crippen molar-refractivity contribution in [2.24, 2.45) is 0 Å². The summed E-state index contributed by atoms with van der Waals surface area (Å²) >= 11 is 1.28. The lowest BCUT2D eigenvalue weighted by Crippen LogP contribution is -2.23. The van der Waals surface area contributed by atoms with E-state index in [1.54, 1.807) is 30.3 Å². The number of hydrogen-bond donors (Lipinski definition) is 0. The first kappa shape index (κ1) is 22.7. The molecule has 7 nitrogen and oxygen atoms in total. The zero-order chi connectivity index (χ0) is 23.2. The van der Waals surface area contributed by atoms with Crippen LogP contribution in [-0.2, 0) is 4.79 Å². The standard InChI is InChI=1S/C25H25N3O4S/c1-3-4-5-6-15-31-20-13-9-19(10-14-20)23-26-25-28(27-23)24(30)22(33-25)16-18-7-11-21(12-8-18)32-17(2)29/h7-14,16H,3-6,15H2,1-2H3. The number of ether oxygens (including phenoxy) is 2. The molecule has 4 aromatic rings. The first-order valence-electron chi connectivity index (χ1n) is 11.0. The highest BCUT2D eigenvalue weighted by Gasteiger charge is 2.12. The molecule has 0 aliphatic rings. The number of carbonyl (C=O) groups excluding carboxylic acids is 1. The van der Waals surface area contributed by atoms with Gasteiger partial charge in [0.05, 0.1) is 11.1 Å². The zero-order valence-electron chi connectivity index (χ0n) is 18.6. The van der Waals surface area contributed by atoms with Gasteiger partial charge in [0, 0.05) is 12.5 Å². The third kappa shape index (κ3) is 5.64. The van der Waals surface area contributed by atoms with E-state index in [0.29, 0.717) is 27.7 Å². The van der Waals surface area contributed by atoms with Gasteiger partial charge in [-0.15, -0.1) is 5.10 Å². The molecular weight excluding hydrogens is 438 g/mol. The molecule has 0 unspecified atom stereocenters. The molecule has 0 fully saturated rings. The topological polar surface area (TPSA) is 82.8 Å². The number of rotatable bonds is 9. The molecule has 2 aromatic heterocycles. The fourth-order valence-electron chi connectivity index (χ4n) is 3.32. The molecule has 8 heteroatoms. The van der Waals surface area contributed by atoms with E-state index in [1.165, 1.54) is 42.0 Å². The highest BCUT2D eigenvalue weighted by atomic mass is 32.1. The number of hydrogen-bond acceptors (Lipinski definition) is 7. The van der Waals surface area contributed by atoms with Crippen LogP contribution in [0.3, 0.4) is 0 Å². The summed E-state index contributed by atoms with van der Waals surface area (Å²) in [7, 11) is 0. The minimum atomic E-state index is -0.375. The molecule has 0 aliphatic heterocycles. The van der Waals surface area contributed by atoms with Crippen LogP contribution in [0.4, 0.5) is 0 Å². The van der Waals surface area contributed by atoms with E-state index in [9.17, 15) is 9.59 Å². The molecular formula is C25H25N3O4S. The number of esters is 1. The maximum absolute atomic E-state index is 12.8. The van der Waals surface area contributed by atoms with Gasteiger partial charge in [0.25, 0.3) is 5.56 Å². The van der Waals surface area contributed by atoms with Gasteiger partial charge in [0.1, 0.15) is 11.5 Å². The van der Waals surface area contributed by atoms with Gasteiger partial charge >= 0.3 is 5.97 Å². The summed E-state index contributed by atoms with van der Waals surface area (Å²) in [4.78, 5) is 28.9. The minimum absolute atomic E-state index is 0.218. The molecule has 0 atom stereocenters. The van der Waals surface area contributed by atoms with E-state index in [-0.39, 0.29) is 11.5 Å². The van der Waals surface area contributed by atoms with Gasteiger partial charge in [-0.05, 0) is 54.5 Å². The Morgan fingerprint density at radius 1 is 1.03 bits per heavy atom. The number of aromatic nitrogens is 3. The van der Waals surface area contributed by atoms with Gasteiger partial charge in [0.15, 0.2) is 5.82 Å². The second-order valence-corrected chi connectivity index (χ2v) is 8.65. The highest BCUT2D eigenvalue weighted by molar-refractivity contribution is 7.15. The number of thiazole rings is 1. The number of benzene rings is 2. The Bertz CT molecular complexity index is 1340. The predicted molar refractivity (Wildman–Crippen MR) is 129 cm³/mol. The number of fused-ring (bicyclic) bond motifs is 1. The third-order valence-electron chi connectivity index (χ3n) is 5.00. The number of unbranched alkanes of at least 4 members (excludes halogenated alkanes) is 3. The Morgan fingerprint density at radius 3 is 2.42 bits per heavy atom. The highest BCUT2D eigenvalue weighted by Crippen LogP contribution is 2.21. The van der Waals surface area contributed by atoms with Gasteiger partial charge in [0.2, 0.25) is 4.96 Å². The largest absolute Gasteiger partial charge is 0.494 e. The van der Waals surface area contributed by atoms with Gasteiger partial charge in [-0.1, -0.05) is 49.7 Å². The Balaban J connectivity index is 1.48. The summed E-state index contributed by atoms with van der Waals surface area (Å²) in [5.41, 5.74) is 1.43. The van der Waals surface area contributed by atoms with E-state index in [0.717, 1.165) is 23.3 Å². The summed E-state index contributed by atoms with van der Waals surface area (Å²) in [6, 6.07) is 14.6. The van der Waals surface area contributed by atoms with Crippen molar-refractivity contribution in [2.45, 2.75) is 39.5 Å². The monoisotopic (exact) mass is 463 g/mol. The van der Waals surface area contributed by atoms with Gasteiger partial charge in [-0.2, -0.15) is 9.50 Å². The first-order chi connectivity index (χ1) is 16.0. The van der Waals surface area contributed by atoms with Crippen LogP contribution < -0.4 is 19.6 Å². The van der Waals surface area contributed by atoms with E-state index < -0.39 is 0 Å². The van der Waals surface area contributed by atoms with Crippen LogP contribution >= 0.6 is 11.3 Å². The van der Waals surface area contributed by atoms with Crippen molar-refractivity contribution in [1.29, 1.82) is 0 Å². The molecule has 0 N–H and O–H groups in total. The van der Waals surface area contributed by atoms with E-state index in [4.69, 9.17) is 9.47 Å². The van der Waals surface area contributed by atoms with Crippen molar-refractivity contribution < 1.29 is 14.3 Å². The van der Waals surface area contributed by atoms with Crippen molar-refractivity contribution in [3.05, 3.63) is 69.0 Å². The summed E-state index contributed by atoms with van der Waals surface area (Å²) in [6.07, 6.45) is 6.44. The van der Waals surface area contributed by atoms with Crippen molar-refractivity contribution in [1.82, 2.24) is 14.6 Å². The second kappa shape index (κ2) is 10.4. The minimum Gasteiger partial charge on any atom is -0.494 e. The lowest BCUT2D eigenvalue weighted by molar-refractivity contribution is -0.131. The van der Waals surface area contributed by atoms with Crippen molar-refractivity contribution in [2.75, 3.05) is 6.61 Å². The van der Waals surface area contributed by atoms with Crippen LogP contribution in [0.5, 0.6) is 11.5 Å². The Labute approximate surface area is 195 Å². The van der Waals surface area contributed by atoms with Gasteiger partial charge in [-0.3, -0.25) is 9.59 Å². The molecule has 0 spiro atoms. The Kier molecular flexibility index (Phi) is 7.14. The Hall–Kier alpha value is -3.52. The lowest BCUT2D eigenvalue weighted by atomic mass is 10.2. The quantitative estimate of drug-likeness (QED) is 0.210. The van der Waals surface area contributed by atoms with Crippen molar-refractivity contribution >= 4 is 28.3 Å². The molecule has 2 aromatic carbocycles. The number of nitrogens with zero attached hydrogens (tertiary/aromatic N) is 3. The summed E-state index contributed by atoms with van der Waals surface area (Å²) in [5.74, 6) is 1.41. The molecule has 0 saturated carbocycles.